The molecule has 0 radical (unpaired) electrons. The van der Waals surface area contributed by atoms with Crippen molar-refractivity contribution in [3.05, 3.63) is 52.4 Å². The lowest BCUT2D eigenvalue weighted by Gasteiger charge is -2.26. The average molecular weight is 423 g/mol. The zero-order valence-electron chi connectivity index (χ0n) is 15.5. The largest absolute Gasteiger partial charge is 0.379 e. The highest BCUT2D eigenvalue weighted by atomic mass is 35.5. The molecule has 0 amide bonds. The standard InChI is InChI=1S/C19H23ClN4O3S/c20-17-11-18(23-19(22-17)14-5-6-14)21-12-15-3-1-2-4-16(15)13-28(25,26)24-7-9-27-10-8-24/h1-4,11,14H,5-10,12-13H2,(H,21,22,23). The molecule has 2 heterocycles. The number of anilines is 1. The van der Waals surface area contributed by atoms with E-state index in [0.717, 1.165) is 29.8 Å². The summed E-state index contributed by atoms with van der Waals surface area (Å²) in [5.41, 5.74) is 1.70. The molecule has 2 aliphatic rings. The summed E-state index contributed by atoms with van der Waals surface area (Å²) in [4.78, 5) is 8.83. The Hall–Kier alpha value is -1.74. The molecular weight excluding hydrogens is 400 g/mol. The van der Waals surface area contributed by atoms with Crippen LogP contribution in [0, 0.1) is 0 Å². The maximum absolute atomic E-state index is 12.8. The second-order valence-electron chi connectivity index (χ2n) is 7.10. The van der Waals surface area contributed by atoms with E-state index in [-0.39, 0.29) is 5.75 Å². The maximum atomic E-state index is 12.8. The molecule has 0 unspecified atom stereocenters. The molecule has 0 atom stereocenters. The van der Waals surface area contributed by atoms with Crippen LogP contribution in [0.2, 0.25) is 5.15 Å². The van der Waals surface area contributed by atoms with Crippen LogP contribution in [0.3, 0.4) is 0 Å². The first-order chi connectivity index (χ1) is 13.5. The Morgan fingerprint density at radius 3 is 2.57 bits per heavy atom. The number of halogens is 1. The fraction of sp³-hybridized carbons (Fsp3) is 0.474. The first-order valence-electron chi connectivity index (χ1n) is 9.42. The number of hydrogen-bond acceptors (Lipinski definition) is 6. The molecule has 1 aromatic carbocycles. The molecule has 28 heavy (non-hydrogen) atoms. The molecule has 1 N–H and O–H groups in total. The van der Waals surface area contributed by atoms with Gasteiger partial charge in [-0.05, 0) is 24.0 Å². The van der Waals surface area contributed by atoms with Gasteiger partial charge in [0.05, 0.1) is 19.0 Å². The van der Waals surface area contributed by atoms with Gasteiger partial charge in [-0.3, -0.25) is 0 Å². The SMILES string of the molecule is O=S(=O)(Cc1ccccc1CNc1cc(Cl)nc(C2CC2)n1)N1CCOCC1. The lowest BCUT2D eigenvalue weighted by molar-refractivity contribution is 0.0729. The molecule has 150 valence electrons. The van der Waals surface area contributed by atoms with Gasteiger partial charge < -0.3 is 10.1 Å². The van der Waals surface area contributed by atoms with E-state index in [1.54, 1.807) is 6.07 Å². The molecule has 0 spiro atoms. The fourth-order valence-electron chi connectivity index (χ4n) is 3.22. The minimum atomic E-state index is -3.38. The smallest absolute Gasteiger partial charge is 0.218 e. The Labute approximate surface area is 170 Å². The lowest BCUT2D eigenvalue weighted by atomic mass is 10.1. The van der Waals surface area contributed by atoms with E-state index in [2.05, 4.69) is 15.3 Å². The van der Waals surface area contributed by atoms with E-state index in [0.29, 0.717) is 49.7 Å². The number of rotatable bonds is 7. The van der Waals surface area contributed by atoms with Crippen molar-refractivity contribution in [1.82, 2.24) is 14.3 Å². The molecular formula is C19H23ClN4O3S. The average Bonchev–Trinajstić information content (AvgIpc) is 3.53. The molecule has 9 heteroatoms. The number of sulfonamides is 1. The molecule has 1 saturated heterocycles. The number of hydrogen-bond donors (Lipinski definition) is 1. The van der Waals surface area contributed by atoms with Crippen LogP contribution in [-0.2, 0) is 27.1 Å². The summed E-state index contributed by atoms with van der Waals surface area (Å²) in [6.07, 6.45) is 2.20. The summed E-state index contributed by atoms with van der Waals surface area (Å²) < 4.78 is 32.3. The van der Waals surface area contributed by atoms with Crippen molar-refractivity contribution in [2.75, 3.05) is 31.6 Å². The van der Waals surface area contributed by atoms with Crippen LogP contribution < -0.4 is 5.32 Å². The predicted molar refractivity (Wildman–Crippen MR) is 108 cm³/mol. The van der Waals surface area contributed by atoms with Crippen molar-refractivity contribution in [3.8, 4) is 0 Å². The quantitative estimate of drug-likeness (QED) is 0.690. The number of benzene rings is 1. The minimum absolute atomic E-state index is 0.0251. The van der Waals surface area contributed by atoms with Crippen molar-refractivity contribution in [2.24, 2.45) is 0 Å². The van der Waals surface area contributed by atoms with Gasteiger partial charge in [-0.15, -0.1) is 0 Å². The van der Waals surface area contributed by atoms with Gasteiger partial charge >= 0.3 is 0 Å². The van der Waals surface area contributed by atoms with Gasteiger partial charge in [0.1, 0.15) is 16.8 Å². The van der Waals surface area contributed by atoms with Crippen LogP contribution >= 0.6 is 11.6 Å². The van der Waals surface area contributed by atoms with E-state index in [1.165, 1.54) is 4.31 Å². The first kappa shape index (κ1) is 19.6. The summed E-state index contributed by atoms with van der Waals surface area (Å²) >= 11 is 6.12. The Morgan fingerprint density at radius 2 is 1.86 bits per heavy atom. The second kappa shape index (κ2) is 8.32. The van der Waals surface area contributed by atoms with Crippen LogP contribution in [0.25, 0.3) is 0 Å². The first-order valence-corrected chi connectivity index (χ1v) is 11.4. The van der Waals surface area contributed by atoms with E-state index in [4.69, 9.17) is 16.3 Å². The molecule has 7 nitrogen and oxygen atoms in total. The molecule has 2 fully saturated rings. The molecule has 0 bridgehead atoms. The van der Waals surface area contributed by atoms with Gasteiger partial charge in [-0.1, -0.05) is 35.9 Å². The molecule has 1 aromatic heterocycles. The molecule has 4 rings (SSSR count). The Kier molecular flexibility index (Phi) is 5.82. The van der Waals surface area contributed by atoms with Crippen molar-refractivity contribution < 1.29 is 13.2 Å². The summed E-state index contributed by atoms with van der Waals surface area (Å²) in [6, 6.07) is 9.25. The van der Waals surface area contributed by atoms with Crippen molar-refractivity contribution in [2.45, 2.75) is 31.1 Å². The van der Waals surface area contributed by atoms with Gasteiger partial charge in [0.25, 0.3) is 0 Å². The Bertz CT molecular complexity index is 944. The zero-order valence-corrected chi connectivity index (χ0v) is 17.0. The molecule has 2 aromatic rings. The number of nitrogens with one attached hydrogen (secondary N) is 1. The van der Waals surface area contributed by atoms with Gasteiger partial charge in [-0.25, -0.2) is 18.4 Å². The van der Waals surface area contributed by atoms with E-state index in [9.17, 15) is 8.42 Å². The highest BCUT2D eigenvalue weighted by Crippen LogP contribution is 2.38. The maximum Gasteiger partial charge on any atom is 0.218 e. The summed E-state index contributed by atoms with van der Waals surface area (Å²) in [5, 5.41) is 3.69. The van der Waals surface area contributed by atoms with Crippen LogP contribution in [0.5, 0.6) is 0 Å². The van der Waals surface area contributed by atoms with Crippen molar-refractivity contribution in [3.63, 3.8) is 0 Å². The molecule has 1 aliphatic carbocycles. The van der Waals surface area contributed by atoms with E-state index >= 15 is 0 Å². The van der Waals surface area contributed by atoms with E-state index < -0.39 is 10.0 Å². The van der Waals surface area contributed by atoms with Crippen LogP contribution in [0.1, 0.15) is 35.7 Å². The molecule has 1 saturated carbocycles. The topological polar surface area (TPSA) is 84.4 Å². The van der Waals surface area contributed by atoms with E-state index in [1.807, 2.05) is 24.3 Å². The third kappa shape index (κ3) is 4.81. The predicted octanol–water partition coefficient (Wildman–Crippen LogP) is 2.78. The minimum Gasteiger partial charge on any atom is -0.379 e. The van der Waals surface area contributed by atoms with Crippen LogP contribution in [0.15, 0.2) is 30.3 Å². The highest BCUT2D eigenvalue weighted by Gasteiger charge is 2.27. The summed E-state index contributed by atoms with van der Waals surface area (Å²) in [5.74, 6) is 1.82. The normalized spacial score (nSPS) is 18.2. The van der Waals surface area contributed by atoms with Gasteiger partial charge in [0.15, 0.2) is 0 Å². The monoisotopic (exact) mass is 422 g/mol. The van der Waals surface area contributed by atoms with Gasteiger partial charge in [0.2, 0.25) is 10.0 Å². The van der Waals surface area contributed by atoms with Crippen LogP contribution in [-0.4, -0.2) is 49.0 Å². The highest BCUT2D eigenvalue weighted by molar-refractivity contribution is 7.88. The van der Waals surface area contributed by atoms with Gasteiger partial charge in [-0.2, -0.15) is 4.31 Å². The van der Waals surface area contributed by atoms with Crippen LogP contribution in [0.4, 0.5) is 5.82 Å². The number of aromatic nitrogens is 2. The molecule has 1 aliphatic heterocycles. The third-order valence-corrected chi connectivity index (χ3v) is 6.96. The zero-order chi connectivity index (χ0) is 19.6. The number of morpholine rings is 1. The number of nitrogens with zero attached hydrogens (tertiary/aromatic N) is 3. The Balaban J connectivity index is 1.47. The second-order valence-corrected chi connectivity index (χ2v) is 9.45. The third-order valence-electron chi connectivity index (χ3n) is 4.93. The lowest BCUT2D eigenvalue weighted by Crippen LogP contribution is -2.41. The number of ether oxygens (including phenoxy) is 1. The summed E-state index contributed by atoms with van der Waals surface area (Å²) in [7, 11) is -3.38. The Morgan fingerprint density at radius 1 is 1.14 bits per heavy atom. The summed E-state index contributed by atoms with van der Waals surface area (Å²) in [6.45, 7) is 2.17. The fourth-order valence-corrected chi connectivity index (χ4v) is 4.97. The van der Waals surface area contributed by atoms with Crippen molar-refractivity contribution in [1.29, 1.82) is 0 Å². The van der Waals surface area contributed by atoms with Gasteiger partial charge in [0, 0.05) is 31.6 Å². The van der Waals surface area contributed by atoms with Crippen molar-refractivity contribution >= 4 is 27.4 Å².